The van der Waals surface area contributed by atoms with E-state index in [0.29, 0.717) is 5.75 Å². The number of morpholine rings is 1. The minimum atomic E-state index is -0.238. The lowest BCUT2D eigenvalue weighted by Gasteiger charge is -2.26. The zero-order chi connectivity index (χ0) is 18.8. The van der Waals surface area contributed by atoms with Gasteiger partial charge in [0.1, 0.15) is 5.75 Å². The van der Waals surface area contributed by atoms with Crippen LogP contribution in [0.4, 0.5) is 0 Å². The Kier molecular flexibility index (Phi) is 8.35. The van der Waals surface area contributed by atoms with Crippen molar-refractivity contribution in [3.05, 3.63) is 29.8 Å². The first-order valence-electron chi connectivity index (χ1n) is 9.46. The lowest BCUT2D eigenvalue weighted by Crippen LogP contribution is -2.43. The molecule has 6 nitrogen and oxygen atoms in total. The highest BCUT2D eigenvalue weighted by molar-refractivity contribution is 5.78. The molecule has 1 fully saturated rings. The molecule has 2 rings (SSSR count). The lowest BCUT2D eigenvalue weighted by atomic mass is 10.1. The minimum Gasteiger partial charge on any atom is -0.484 e. The fraction of sp³-hybridized carbons (Fsp3) is 0.650. The smallest absolute Gasteiger partial charge is 0.258 e. The van der Waals surface area contributed by atoms with E-state index in [0.717, 1.165) is 52.4 Å². The molecule has 1 aliphatic rings. The maximum absolute atomic E-state index is 11.8. The summed E-state index contributed by atoms with van der Waals surface area (Å²) in [6, 6.07) is 7.89. The fourth-order valence-electron chi connectivity index (χ4n) is 2.79. The average molecular weight is 364 g/mol. The molecule has 0 atom stereocenters. The van der Waals surface area contributed by atoms with Crippen molar-refractivity contribution in [1.29, 1.82) is 0 Å². The number of carbonyl (C=O) groups is 1. The maximum atomic E-state index is 11.8. The van der Waals surface area contributed by atoms with Crippen LogP contribution in [0.2, 0.25) is 0 Å². The van der Waals surface area contributed by atoms with Crippen molar-refractivity contribution < 1.29 is 14.3 Å². The molecule has 0 bridgehead atoms. The van der Waals surface area contributed by atoms with Gasteiger partial charge in [-0.15, -0.1) is 0 Å². The van der Waals surface area contributed by atoms with Crippen LogP contribution in [0.3, 0.4) is 0 Å². The molecule has 0 unspecified atom stereocenters. The first-order valence-corrected chi connectivity index (χ1v) is 9.46. The summed E-state index contributed by atoms with van der Waals surface area (Å²) in [5.41, 5.74) is 0.973. The second-order valence-electron chi connectivity index (χ2n) is 7.72. The number of rotatable bonds is 9. The molecular weight excluding hydrogens is 330 g/mol. The van der Waals surface area contributed by atoms with Gasteiger partial charge in [-0.3, -0.25) is 9.69 Å². The molecule has 1 saturated heterocycles. The number of hydrogen-bond donors (Lipinski definition) is 2. The number of hydrogen-bond acceptors (Lipinski definition) is 5. The van der Waals surface area contributed by atoms with E-state index >= 15 is 0 Å². The van der Waals surface area contributed by atoms with Gasteiger partial charge < -0.3 is 20.1 Å². The second kappa shape index (κ2) is 10.5. The Morgan fingerprint density at radius 3 is 2.54 bits per heavy atom. The molecule has 2 N–H and O–H groups in total. The molecule has 0 radical (unpaired) electrons. The Bertz CT molecular complexity index is 534. The van der Waals surface area contributed by atoms with Gasteiger partial charge in [0, 0.05) is 25.2 Å². The van der Waals surface area contributed by atoms with Crippen molar-refractivity contribution in [2.45, 2.75) is 39.3 Å². The van der Waals surface area contributed by atoms with Gasteiger partial charge in [0.15, 0.2) is 6.61 Å². The van der Waals surface area contributed by atoms with E-state index in [2.05, 4.69) is 15.5 Å². The molecule has 26 heavy (non-hydrogen) atoms. The van der Waals surface area contributed by atoms with Gasteiger partial charge >= 0.3 is 0 Å². The zero-order valence-corrected chi connectivity index (χ0v) is 16.3. The molecular formula is C20H33N3O3. The van der Waals surface area contributed by atoms with E-state index in [1.807, 2.05) is 45.0 Å². The number of amides is 1. The van der Waals surface area contributed by atoms with Gasteiger partial charge in [0.25, 0.3) is 5.91 Å². The number of carbonyl (C=O) groups excluding carboxylic acids is 1. The van der Waals surface area contributed by atoms with Gasteiger partial charge in [-0.05, 0) is 58.0 Å². The first-order chi connectivity index (χ1) is 12.4. The second-order valence-corrected chi connectivity index (χ2v) is 7.72. The Hall–Kier alpha value is -1.63. The Morgan fingerprint density at radius 1 is 1.19 bits per heavy atom. The van der Waals surface area contributed by atoms with Crippen LogP contribution in [-0.2, 0) is 16.1 Å². The van der Waals surface area contributed by atoms with Gasteiger partial charge in [-0.25, -0.2) is 0 Å². The molecule has 146 valence electrons. The van der Waals surface area contributed by atoms with Crippen molar-refractivity contribution in [1.82, 2.24) is 15.5 Å². The summed E-state index contributed by atoms with van der Waals surface area (Å²) in [6.07, 6.45) is 1.14. The summed E-state index contributed by atoms with van der Waals surface area (Å²) in [4.78, 5) is 14.2. The van der Waals surface area contributed by atoms with Gasteiger partial charge in [-0.2, -0.15) is 0 Å². The number of nitrogens with one attached hydrogen (secondary N) is 2. The zero-order valence-electron chi connectivity index (χ0n) is 16.3. The molecule has 0 saturated carbocycles. The van der Waals surface area contributed by atoms with Crippen LogP contribution in [0.15, 0.2) is 24.3 Å². The topological polar surface area (TPSA) is 62.8 Å². The van der Waals surface area contributed by atoms with Crippen molar-refractivity contribution in [2.75, 3.05) is 46.0 Å². The summed E-state index contributed by atoms with van der Waals surface area (Å²) in [7, 11) is 0. The highest BCUT2D eigenvalue weighted by atomic mass is 16.5. The average Bonchev–Trinajstić information content (AvgIpc) is 2.60. The lowest BCUT2D eigenvalue weighted by molar-refractivity contribution is -0.124. The molecule has 1 aromatic rings. The molecule has 0 aliphatic carbocycles. The predicted octanol–water partition coefficient (Wildman–Crippen LogP) is 1.79. The van der Waals surface area contributed by atoms with Crippen LogP contribution >= 0.6 is 0 Å². The van der Waals surface area contributed by atoms with Crippen LogP contribution in [0.1, 0.15) is 32.8 Å². The first kappa shape index (κ1) is 20.7. The SMILES string of the molecule is CC(C)(C)NC(=O)COc1ccc(CNCCCN2CCOCC2)cc1. The molecule has 0 aromatic heterocycles. The van der Waals surface area contributed by atoms with Crippen LogP contribution in [0, 0.1) is 0 Å². The molecule has 1 amide bonds. The molecule has 1 aromatic carbocycles. The Balaban J connectivity index is 1.59. The van der Waals surface area contributed by atoms with E-state index in [1.165, 1.54) is 5.56 Å². The monoisotopic (exact) mass is 363 g/mol. The highest BCUT2D eigenvalue weighted by Gasteiger charge is 2.13. The van der Waals surface area contributed by atoms with Crippen LogP contribution in [-0.4, -0.2) is 62.3 Å². The predicted molar refractivity (Wildman–Crippen MR) is 103 cm³/mol. The van der Waals surface area contributed by atoms with Crippen molar-refractivity contribution in [2.24, 2.45) is 0 Å². The standard InChI is InChI=1S/C20H33N3O3/c1-20(2,3)22-19(24)16-26-18-7-5-17(6-8-18)15-21-9-4-10-23-11-13-25-14-12-23/h5-8,21H,4,9-16H2,1-3H3,(H,22,24). The summed E-state index contributed by atoms with van der Waals surface area (Å²) < 4.78 is 10.9. The number of ether oxygens (including phenoxy) is 2. The highest BCUT2D eigenvalue weighted by Crippen LogP contribution is 2.12. The van der Waals surface area contributed by atoms with Crippen molar-refractivity contribution in [3.8, 4) is 5.75 Å². The van der Waals surface area contributed by atoms with E-state index < -0.39 is 0 Å². The van der Waals surface area contributed by atoms with Crippen molar-refractivity contribution in [3.63, 3.8) is 0 Å². The summed E-state index contributed by atoms with van der Waals surface area (Å²) in [6.45, 7) is 12.7. The normalized spacial score (nSPS) is 15.7. The maximum Gasteiger partial charge on any atom is 0.258 e. The van der Waals surface area contributed by atoms with Crippen molar-refractivity contribution >= 4 is 5.91 Å². The van der Waals surface area contributed by atoms with E-state index in [-0.39, 0.29) is 18.1 Å². The van der Waals surface area contributed by atoms with E-state index in [1.54, 1.807) is 0 Å². The molecule has 6 heteroatoms. The van der Waals surface area contributed by atoms with Crippen LogP contribution in [0.25, 0.3) is 0 Å². The largest absolute Gasteiger partial charge is 0.484 e. The van der Waals surface area contributed by atoms with Gasteiger partial charge in [-0.1, -0.05) is 12.1 Å². The van der Waals surface area contributed by atoms with Gasteiger partial charge in [0.2, 0.25) is 0 Å². The Morgan fingerprint density at radius 2 is 1.88 bits per heavy atom. The number of nitrogens with zero attached hydrogens (tertiary/aromatic N) is 1. The van der Waals surface area contributed by atoms with Crippen LogP contribution < -0.4 is 15.4 Å². The molecule has 1 heterocycles. The minimum absolute atomic E-state index is 0.0381. The number of benzene rings is 1. The van der Waals surface area contributed by atoms with E-state index in [4.69, 9.17) is 9.47 Å². The fourth-order valence-corrected chi connectivity index (χ4v) is 2.79. The Labute approximate surface area is 157 Å². The third-order valence-electron chi connectivity index (χ3n) is 4.07. The summed E-state index contributed by atoms with van der Waals surface area (Å²) in [5, 5.41) is 6.35. The van der Waals surface area contributed by atoms with E-state index in [9.17, 15) is 4.79 Å². The molecule has 0 spiro atoms. The third kappa shape index (κ3) is 8.65. The summed E-state index contributed by atoms with van der Waals surface area (Å²) >= 11 is 0. The quantitative estimate of drug-likeness (QED) is 0.655. The molecule has 1 aliphatic heterocycles. The summed E-state index contributed by atoms with van der Waals surface area (Å²) in [5.74, 6) is 0.605. The van der Waals surface area contributed by atoms with Crippen LogP contribution in [0.5, 0.6) is 5.75 Å². The third-order valence-corrected chi connectivity index (χ3v) is 4.07. The van der Waals surface area contributed by atoms with Gasteiger partial charge in [0.05, 0.1) is 13.2 Å².